The number of sulfonamides is 1. The summed E-state index contributed by atoms with van der Waals surface area (Å²) in [7, 11) is -3.48. The van der Waals surface area contributed by atoms with Crippen LogP contribution >= 0.6 is 0 Å². The van der Waals surface area contributed by atoms with Gasteiger partial charge in [-0.3, -0.25) is 4.79 Å². The second-order valence-corrected chi connectivity index (χ2v) is 9.04. The number of likely N-dealkylation sites (tertiary alicyclic amines) is 1. The summed E-state index contributed by atoms with van der Waals surface area (Å²) in [4.78, 5) is 14.6. The van der Waals surface area contributed by atoms with Gasteiger partial charge in [-0.15, -0.1) is 0 Å². The van der Waals surface area contributed by atoms with Crippen LogP contribution in [0.4, 0.5) is 0 Å². The normalized spacial score (nSPS) is 20.2. The van der Waals surface area contributed by atoms with E-state index in [1.165, 1.54) is 0 Å². The Morgan fingerprint density at radius 1 is 1.08 bits per heavy atom. The first-order valence-electron chi connectivity index (χ1n) is 9.60. The molecule has 3 rings (SSSR count). The molecule has 0 spiro atoms. The van der Waals surface area contributed by atoms with E-state index in [4.69, 9.17) is 0 Å². The van der Waals surface area contributed by atoms with Crippen molar-refractivity contribution in [1.82, 2.24) is 14.9 Å². The first kappa shape index (κ1) is 19.3. The van der Waals surface area contributed by atoms with E-state index in [0.29, 0.717) is 43.2 Å². The van der Waals surface area contributed by atoms with Gasteiger partial charge >= 0.3 is 0 Å². The molecule has 144 valence electrons. The Balaban J connectivity index is 1.43. The fourth-order valence-electron chi connectivity index (χ4n) is 3.79. The highest BCUT2D eigenvalue weighted by Gasteiger charge is 2.27. The highest BCUT2D eigenvalue weighted by Crippen LogP contribution is 2.20. The molecule has 2 heterocycles. The molecule has 2 saturated heterocycles. The molecular formula is C19H29N3O3S. The molecule has 2 aliphatic rings. The molecule has 1 amide bonds. The number of amides is 1. The number of nitrogens with zero attached hydrogens (tertiary/aromatic N) is 1. The summed E-state index contributed by atoms with van der Waals surface area (Å²) in [5.41, 5.74) is 0. The fourth-order valence-corrected chi connectivity index (χ4v) is 5.12. The van der Waals surface area contributed by atoms with Gasteiger partial charge in [-0.1, -0.05) is 18.2 Å². The minimum absolute atomic E-state index is 0.103. The topological polar surface area (TPSA) is 78.5 Å². The smallest absolute Gasteiger partial charge is 0.240 e. The van der Waals surface area contributed by atoms with Crippen LogP contribution in [0.3, 0.4) is 0 Å². The predicted molar refractivity (Wildman–Crippen MR) is 101 cm³/mol. The van der Waals surface area contributed by atoms with Gasteiger partial charge in [-0.25, -0.2) is 13.1 Å². The summed E-state index contributed by atoms with van der Waals surface area (Å²) in [5.74, 6) is 0.878. The van der Waals surface area contributed by atoms with E-state index in [1.807, 2.05) is 4.90 Å². The van der Waals surface area contributed by atoms with Crippen LogP contribution in [0, 0.1) is 5.92 Å². The van der Waals surface area contributed by atoms with Crippen molar-refractivity contribution in [2.24, 2.45) is 5.92 Å². The standard InChI is InChI=1S/C19H29N3O3S/c23-19(7-6-16-8-12-20-13-9-16)22-14-10-17(11-15-22)21-26(24,25)18-4-2-1-3-5-18/h1-5,16-17,20-21H,6-15H2. The minimum atomic E-state index is -3.48. The van der Waals surface area contributed by atoms with Crippen molar-refractivity contribution in [2.45, 2.75) is 49.5 Å². The fraction of sp³-hybridized carbons (Fsp3) is 0.632. The first-order chi connectivity index (χ1) is 12.5. The number of hydrogen-bond donors (Lipinski definition) is 2. The summed E-state index contributed by atoms with van der Waals surface area (Å²) < 4.78 is 27.6. The number of piperidine rings is 2. The number of benzene rings is 1. The van der Waals surface area contributed by atoms with E-state index >= 15 is 0 Å². The van der Waals surface area contributed by atoms with E-state index in [1.54, 1.807) is 30.3 Å². The maximum absolute atomic E-state index is 12.4. The highest BCUT2D eigenvalue weighted by molar-refractivity contribution is 7.89. The van der Waals surface area contributed by atoms with Crippen LogP contribution in [0.15, 0.2) is 35.2 Å². The quantitative estimate of drug-likeness (QED) is 0.789. The Morgan fingerprint density at radius 3 is 2.38 bits per heavy atom. The third-order valence-electron chi connectivity index (χ3n) is 5.45. The molecule has 6 nitrogen and oxygen atoms in total. The molecule has 26 heavy (non-hydrogen) atoms. The number of nitrogens with one attached hydrogen (secondary N) is 2. The first-order valence-corrected chi connectivity index (χ1v) is 11.1. The highest BCUT2D eigenvalue weighted by atomic mass is 32.2. The molecule has 0 atom stereocenters. The van der Waals surface area contributed by atoms with Gasteiger partial charge in [0.15, 0.2) is 0 Å². The van der Waals surface area contributed by atoms with E-state index in [0.717, 1.165) is 32.4 Å². The number of carbonyl (C=O) groups is 1. The minimum Gasteiger partial charge on any atom is -0.343 e. The van der Waals surface area contributed by atoms with Gasteiger partial charge in [-0.2, -0.15) is 0 Å². The number of hydrogen-bond acceptors (Lipinski definition) is 4. The van der Waals surface area contributed by atoms with E-state index < -0.39 is 10.0 Å². The van der Waals surface area contributed by atoms with E-state index in [9.17, 15) is 13.2 Å². The van der Waals surface area contributed by atoms with Crippen molar-refractivity contribution in [3.63, 3.8) is 0 Å². The average molecular weight is 380 g/mol. The van der Waals surface area contributed by atoms with Gasteiger partial charge in [-0.05, 0) is 63.2 Å². The third kappa shape index (κ3) is 5.28. The van der Waals surface area contributed by atoms with Crippen molar-refractivity contribution in [3.05, 3.63) is 30.3 Å². The Labute approximate surface area is 156 Å². The van der Waals surface area contributed by atoms with Crippen LogP contribution in [0.5, 0.6) is 0 Å². The van der Waals surface area contributed by atoms with Crippen LogP contribution in [0.25, 0.3) is 0 Å². The van der Waals surface area contributed by atoms with Crippen LogP contribution in [0.2, 0.25) is 0 Å². The molecule has 0 aliphatic carbocycles. The second-order valence-electron chi connectivity index (χ2n) is 7.32. The molecule has 1 aromatic carbocycles. The average Bonchev–Trinajstić information content (AvgIpc) is 2.68. The molecular weight excluding hydrogens is 350 g/mol. The van der Waals surface area contributed by atoms with E-state index in [-0.39, 0.29) is 11.9 Å². The number of carbonyl (C=O) groups excluding carboxylic acids is 1. The van der Waals surface area contributed by atoms with Crippen LogP contribution < -0.4 is 10.0 Å². The third-order valence-corrected chi connectivity index (χ3v) is 6.98. The molecule has 0 unspecified atom stereocenters. The maximum atomic E-state index is 12.4. The molecule has 0 saturated carbocycles. The lowest BCUT2D eigenvalue weighted by atomic mass is 9.93. The van der Waals surface area contributed by atoms with Crippen molar-refractivity contribution in [3.8, 4) is 0 Å². The predicted octanol–water partition coefficient (Wildman–Crippen LogP) is 1.74. The van der Waals surface area contributed by atoms with Gasteiger partial charge in [0.05, 0.1) is 4.90 Å². The van der Waals surface area contributed by atoms with Crippen LogP contribution in [-0.4, -0.2) is 51.4 Å². The van der Waals surface area contributed by atoms with Crippen molar-refractivity contribution in [2.75, 3.05) is 26.2 Å². The molecule has 2 N–H and O–H groups in total. The zero-order chi connectivity index (χ0) is 18.4. The van der Waals surface area contributed by atoms with Gasteiger partial charge in [0.25, 0.3) is 0 Å². The summed E-state index contributed by atoms with van der Waals surface area (Å²) in [6, 6.07) is 8.33. The maximum Gasteiger partial charge on any atom is 0.240 e. The Kier molecular flexibility index (Phi) is 6.67. The summed E-state index contributed by atoms with van der Waals surface area (Å²) in [6.45, 7) is 3.39. The summed E-state index contributed by atoms with van der Waals surface area (Å²) in [6.07, 6.45) is 5.26. The van der Waals surface area contributed by atoms with Crippen molar-refractivity contribution < 1.29 is 13.2 Å². The SMILES string of the molecule is O=C(CCC1CCNCC1)N1CCC(NS(=O)(=O)c2ccccc2)CC1. The van der Waals surface area contributed by atoms with Crippen molar-refractivity contribution >= 4 is 15.9 Å². The van der Waals surface area contributed by atoms with Crippen molar-refractivity contribution in [1.29, 1.82) is 0 Å². The molecule has 1 aromatic rings. The van der Waals surface area contributed by atoms with Gasteiger partial charge < -0.3 is 10.2 Å². The zero-order valence-corrected chi connectivity index (χ0v) is 16.0. The Morgan fingerprint density at radius 2 is 1.73 bits per heavy atom. The van der Waals surface area contributed by atoms with Crippen LogP contribution in [-0.2, 0) is 14.8 Å². The Hall–Kier alpha value is -1.44. The molecule has 0 bridgehead atoms. The lowest BCUT2D eigenvalue weighted by Gasteiger charge is -2.33. The van der Waals surface area contributed by atoms with Gasteiger partial charge in [0.1, 0.15) is 0 Å². The monoisotopic (exact) mass is 379 g/mol. The second kappa shape index (κ2) is 8.97. The molecule has 0 radical (unpaired) electrons. The lowest BCUT2D eigenvalue weighted by Crippen LogP contribution is -2.46. The zero-order valence-electron chi connectivity index (χ0n) is 15.2. The summed E-state index contributed by atoms with van der Waals surface area (Å²) >= 11 is 0. The lowest BCUT2D eigenvalue weighted by molar-refractivity contribution is -0.132. The number of rotatable bonds is 6. The van der Waals surface area contributed by atoms with E-state index in [2.05, 4.69) is 10.0 Å². The molecule has 7 heteroatoms. The molecule has 2 aliphatic heterocycles. The summed E-state index contributed by atoms with van der Waals surface area (Å²) in [5, 5.41) is 3.35. The van der Waals surface area contributed by atoms with Crippen LogP contribution in [0.1, 0.15) is 38.5 Å². The van der Waals surface area contributed by atoms with Gasteiger partial charge in [0, 0.05) is 25.6 Å². The van der Waals surface area contributed by atoms with Gasteiger partial charge in [0.2, 0.25) is 15.9 Å². The molecule has 0 aromatic heterocycles. The largest absolute Gasteiger partial charge is 0.343 e. The molecule has 2 fully saturated rings. The Bertz CT molecular complexity index is 679.